The number of aromatic nitrogens is 2. The molecular formula is C16H18N4O5. The van der Waals surface area contributed by atoms with Gasteiger partial charge >= 0.3 is 12.0 Å². The molecule has 3 amide bonds. The Morgan fingerprint density at radius 3 is 2.52 bits per heavy atom. The van der Waals surface area contributed by atoms with Gasteiger partial charge in [0.25, 0.3) is 11.5 Å². The van der Waals surface area contributed by atoms with Gasteiger partial charge in [0.05, 0.1) is 5.39 Å². The highest BCUT2D eigenvalue weighted by molar-refractivity contribution is 6.03. The van der Waals surface area contributed by atoms with Gasteiger partial charge < -0.3 is 10.5 Å². The zero-order chi connectivity index (χ0) is 18.6. The molecule has 132 valence electrons. The fourth-order valence-corrected chi connectivity index (χ4v) is 2.24. The van der Waals surface area contributed by atoms with Gasteiger partial charge in [0.15, 0.2) is 11.8 Å². The average molecular weight is 346 g/mol. The summed E-state index contributed by atoms with van der Waals surface area (Å²) < 4.78 is 6.23. The molecule has 0 saturated heterocycles. The summed E-state index contributed by atoms with van der Waals surface area (Å²) in [5.41, 5.74) is 4.46. The van der Waals surface area contributed by atoms with Gasteiger partial charge in [-0.3, -0.25) is 14.9 Å². The van der Waals surface area contributed by atoms with Crippen molar-refractivity contribution in [2.45, 2.75) is 32.9 Å². The van der Waals surface area contributed by atoms with Crippen molar-refractivity contribution in [2.75, 3.05) is 0 Å². The van der Waals surface area contributed by atoms with Crippen LogP contribution < -0.4 is 16.6 Å². The smallest absolute Gasteiger partial charge is 0.360 e. The molecular weight excluding hydrogens is 328 g/mol. The summed E-state index contributed by atoms with van der Waals surface area (Å²) >= 11 is 0. The number of ether oxygens (including phenoxy) is 1. The highest BCUT2D eigenvalue weighted by Crippen LogP contribution is 2.15. The molecule has 9 nitrogen and oxygen atoms in total. The third kappa shape index (κ3) is 4.00. The number of nitrogens with zero attached hydrogens (tertiary/aromatic N) is 2. The number of imide groups is 1. The minimum Gasteiger partial charge on any atom is -0.448 e. The molecule has 0 aliphatic carbocycles. The van der Waals surface area contributed by atoms with Crippen molar-refractivity contribution in [3.8, 4) is 0 Å². The quantitative estimate of drug-likeness (QED) is 0.759. The molecule has 1 aromatic carbocycles. The van der Waals surface area contributed by atoms with Gasteiger partial charge in [0.2, 0.25) is 0 Å². The van der Waals surface area contributed by atoms with E-state index in [0.717, 1.165) is 0 Å². The molecule has 1 aromatic heterocycles. The second-order valence-corrected chi connectivity index (χ2v) is 5.32. The van der Waals surface area contributed by atoms with Gasteiger partial charge in [0.1, 0.15) is 0 Å². The van der Waals surface area contributed by atoms with Crippen LogP contribution in [0.15, 0.2) is 29.1 Å². The number of rotatable bonds is 5. The first-order chi connectivity index (χ1) is 11.8. The van der Waals surface area contributed by atoms with E-state index in [2.05, 4.69) is 5.10 Å². The molecule has 0 fully saturated rings. The number of amides is 3. The van der Waals surface area contributed by atoms with Gasteiger partial charge in [-0.2, -0.15) is 5.10 Å². The Hall–Kier alpha value is -3.23. The number of nitrogens with one attached hydrogen (secondary N) is 1. The lowest BCUT2D eigenvalue weighted by atomic mass is 10.1. The van der Waals surface area contributed by atoms with E-state index in [4.69, 9.17) is 10.5 Å². The zero-order valence-corrected chi connectivity index (χ0v) is 13.8. The van der Waals surface area contributed by atoms with Crippen LogP contribution in [-0.4, -0.2) is 33.8 Å². The standard InChI is InChI=1S/C16H18N4O5/c1-3-8-20-14(22)11-7-5-4-6-10(11)12(19-20)15(23)25-9(2)13(21)18-16(17)24/h4-7,9H,3,8H2,1-2H3,(H3,17,18,21,24)/t9-/m0/s1. The summed E-state index contributed by atoms with van der Waals surface area (Å²) in [6.45, 7) is 3.50. The first kappa shape index (κ1) is 18.1. The van der Waals surface area contributed by atoms with Gasteiger partial charge in [-0.15, -0.1) is 0 Å². The Bertz CT molecular complexity index is 890. The molecule has 1 atom stereocenters. The maximum Gasteiger partial charge on any atom is 0.360 e. The Morgan fingerprint density at radius 2 is 1.92 bits per heavy atom. The lowest BCUT2D eigenvalue weighted by Gasteiger charge is -2.13. The molecule has 0 radical (unpaired) electrons. The minimum absolute atomic E-state index is 0.0811. The lowest BCUT2D eigenvalue weighted by Crippen LogP contribution is -2.42. The van der Waals surface area contributed by atoms with Gasteiger partial charge in [0, 0.05) is 11.9 Å². The van der Waals surface area contributed by atoms with Crippen molar-refractivity contribution in [2.24, 2.45) is 5.73 Å². The molecule has 0 aliphatic rings. The number of benzene rings is 1. The van der Waals surface area contributed by atoms with E-state index in [1.165, 1.54) is 11.6 Å². The number of fused-ring (bicyclic) bond motifs is 1. The fourth-order valence-electron chi connectivity index (χ4n) is 2.24. The molecule has 3 N–H and O–H groups in total. The van der Waals surface area contributed by atoms with Gasteiger partial charge in [-0.05, 0) is 19.4 Å². The van der Waals surface area contributed by atoms with Gasteiger partial charge in [-0.25, -0.2) is 14.3 Å². The van der Waals surface area contributed by atoms with Crippen molar-refractivity contribution < 1.29 is 19.1 Å². The van der Waals surface area contributed by atoms with E-state index >= 15 is 0 Å². The summed E-state index contributed by atoms with van der Waals surface area (Å²) in [6.07, 6.45) is -0.607. The topological polar surface area (TPSA) is 133 Å². The predicted octanol–water partition coefficient (Wildman–Crippen LogP) is 0.547. The average Bonchev–Trinajstić information content (AvgIpc) is 2.56. The largest absolute Gasteiger partial charge is 0.448 e. The van der Waals surface area contributed by atoms with Crippen molar-refractivity contribution >= 4 is 28.7 Å². The molecule has 0 bridgehead atoms. The highest BCUT2D eigenvalue weighted by atomic mass is 16.5. The van der Waals surface area contributed by atoms with E-state index in [9.17, 15) is 19.2 Å². The van der Waals surface area contributed by atoms with Crippen LogP contribution >= 0.6 is 0 Å². The number of esters is 1. The van der Waals surface area contributed by atoms with Crippen molar-refractivity contribution in [3.05, 3.63) is 40.3 Å². The second-order valence-electron chi connectivity index (χ2n) is 5.32. The molecule has 2 aromatic rings. The summed E-state index contributed by atoms with van der Waals surface area (Å²) in [5, 5.41) is 6.55. The molecule has 1 heterocycles. The van der Waals surface area contributed by atoms with E-state index in [0.29, 0.717) is 23.7 Å². The number of carbonyl (C=O) groups excluding carboxylic acids is 3. The molecule has 0 unspecified atom stereocenters. The number of hydrogen-bond donors (Lipinski definition) is 2. The van der Waals surface area contributed by atoms with Crippen LogP contribution in [0.5, 0.6) is 0 Å². The van der Waals surface area contributed by atoms with Crippen LogP contribution in [0.2, 0.25) is 0 Å². The van der Waals surface area contributed by atoms with Crippen LogP contribution in [0, 0.1) is 0 Å². The van der Waals surface area contributed by atoms with E-state index in [-0.39, 0.29) is 11.3 Å². The second kappa shape index (κ2) is 7.56. The number of hydrogen-bond acceptors (Lipinski definition) is 6. The summed E-state index contributed by atoms with van der Waals surface area (Å²) in [6, 6.07) is 5.45. The van der Waals surface area contributed by atoms with Gasteiger partial charge in [-0.1, -0.05) is 25.1 Å². The third-order valence-electron chi connectivity index (χ3n) is 3.40. The van der Waals surface area contributed by atoms with Crippen LogP contribution in [0.4, 0.5) is 4.79 Å². The summed E-state index contributed by atoms with van der Waals surface area (Å²) in [4.78, 5) is 47.1. The first-order valence-electron chi connectivity index (χ1n) is 7.66. The number of urea groups is 1. The van der Waals surface area contributed by atoms with Crippen molar-refractivity contribution in [1.29, 1.82) is 0 Å². The molecule has 0 spiro atoms. The normalized spacial score (nSPS) is 11.8. The Morgan fingerprint density at radius 1 is 1.28 bits per heavy atom. The van der Waals surface area contributed by atoms with E-state index in [1.54, 1.807) is 24.3 Å². The summed E-state index contributed by atoms with van der Waals surface area (Å²) in [7, 11) is 0. The zero-order valence-electron chi connectivity index (χ0n) is 13.8. The number of carbonyl (C=O) groups is 3. The SMILES string of the molecule is CCCn1nc(C(=O)O[C@@H](C)C(=O)NC(N)=O)c2ccccc2c1=O. The Balaban J connectivity index is 2.40. The first-order valence-corrected chi connectivity index (χ1v) is 7.66. The monoisotopic (exact) mass is 346 g/mol. The molecule has 9 heteroatoms. The fraction of sp³-hybridized carbons (Fsp3) is 0.312. The molecule has 0 saturated carbocycles. The predicted molar refractivity (Wildman–Crippen MR) is 88.9 cm³/mol. The number of aryl methyl sites for hydroxylation is 1. The molecule has 25 heavy (non-hydrogen) atoms. The van der Waals surface area contributed by atoms with E-state index in [1.807, 2.05) is 12.2 Å². The number of nitrogens with two attached hydrogens (primary N) is 1. The summed E-state index contributed by atoms with van der Waals surface area (Å²) in [5.74, 6) is -1.74. The van der Waals surface area contributed by atoms with Crippen LogP contribution in [-0.2, 0) is 16.1 Å². The Kier molecular flexibility index (Phi) is 5.48. The lowest BCUT2D eigenvalue weighted by molar-refractivity contribution is -0.127. The van der Waals surface area contributed by atoms with E-state index < -0.39 is 24.0 Å². The number of primary amides is 1. The van der Waals surface area contributed by atoms with Crippen LogP contribution in [0.1, 0.15) is 30.8 Å². The van der Waals surface area contributed by atoms with Crippen LogP contribution in [0.3, 0.4) is 0 Å². The molecule has 2 rings (SSSR count). The van der Waals surface area contributed by atoms with Crippen molar-refractivity contribution in [3.63, 3.8) is 0 Å². The van der Waals surface area contributed by atoms with Crippen LogP contribution in [0.25, 0.3) is 10.8 Å². The highest BCUT2D eigenvalue weighted by Gasteiger charge is 2.23. The molecule has 0 aliphatic heterocycles. The minimum atomic E-state index is -1.26. The third-order valence-corrected chi connectivity index (χ3v) is 3.40. The Labute approximate surface area is 142 Å². The maximum atomic E-state index is 12.4. The maximum absolute atomic E-state index is 12.4. The van der Waals surface area contributed by atoms with Crippen molar-refractivity contribution in [1.82, 2.24) is 15.1 Å².